The Morgan fingerprint density at radius 2 is 2.00 bits per heavy atom. The molecule has 6 heteroatoms. The van der Waals surface area contributed by atoms with Crippen molar-refractivity contribution in [3.63, 3.8) is 0 Å². The molecule has 3 aromatic rings. The van der Waals surface area contributed by atoms with Gasteiger partial charge in [-0.3, -0.25) is 4.79 Å². The Hall–Kier alpha value is -3.15. The van der Waals surface area contributed by atoms with Crippen molar-refractivity contribution >= 4 is 5.91 Å². The molecule has 1 heterocycles. The molecule has 25 heavy (non-hydrogen) atoms. The first-order valence-electron chi connectivity index (χ1n) is 7.72. The van der Waals surface area contributed by atoms with Crippen molar-refractivity contribution in [2.24, 2.45) is 0 Å². The molecule has 0 saturated carbocycles. The standard InChI is InChI=1S/C19H17FN2O3/c1-12-17(18(25-22-12)14-4-3-5-15(20)10-14)19(23)21-11-13-6-8-16(24-2)9-7-13/h3-10H,11H2,1-2H3,(H,21,23). The summed E-state index contributed by atoms with van der Waals surface area (Å²) in [7, 11) is 1.60. The summed E-state index contributed by atoms with van der Waals surface area (Å²) in [6, 6.07) is 13.2. The summed E-state index contributed by atoms with van der Waals surface area (Å²) in [4.78, 5) is 12.6. The molecule has 0 radical (unpaired) electrons. The summed E-state index contributed by atoms with van der Waals surface area (Å²) < 4.78 is 23.8. The number of rotatable bonds is 5. The van der Waals surface area contributed by atoms with Crippen LogP contribution in [-0.4, -0.2) is 18.2 Å². The second kappa shape index (κ2) is 7.17. The van der Waals surface area contributed by atoms with E-state index in [4.69, 9.17) is 9.26 Å². The van der Waals surface area contributed by atoms with Crippen molar-refractivity contribution in [1.29, 1.82) is 0 Å². The number of aryl methyl sites for hydroxylation is 1. The highest BCUT2D eigenvalue weighted by atomic mass is 19.1. The molecule has 0 spiro atoms. The van der Waals surface area contributed by atoms with E-state index < -0.39 is 5.82 Å². The highest BCUT2D eigenvalue weighted by Gasteiger charge is 2.21. The first-order chi connectivity index (χ1) is 12.1. The number of halogens is 1. The van der Waals surface area contributed by atoms with Crippen molar-refractivity contribution in [3.8, 4) is 17.1 Å². The normalized spacial score (nSPS) is 10.5. The Labute approximate surface area is 144 Å². The number of nitrogens with one attached hydrogen (secondary N) is 1. The van der Waals surface area contributed by atoms with Gasteiger partial charge in [-0.25, -0.2) is 4.39 Å². The molecule has 5 nitrogen and oxygen atoms in total. The maximum absolute atomic E-state index is 13.5. The van der Waals surface area contributed by atoms with Crippen molar-refractivity contribution in [2.75, 3.05) is 7.11 Å². The van der Waals surface area contributed by atoms with E-state index in [-0.39, 0.29) is 11.7 Å². The van der Waals surface area contributed by atoms with Crippen LogP contribution in [0, 0.1) is 12.7 Å². The molecule has 0 atom stereocenters. The largest absolute Gasteiger partial charge is 0.497 e. The third-order valence-electron chi connectivity index (χ3n) is 3.79. The van der Waals surface area contributed by atoms with E-state index in [0.717, 1.165) is 11.3 Å². The lowest BCUT2D eigenvalue weighted by Gasteiger charge is -2.07. The second-order valence-electron chi connectivity index (χ2n) is 5.51. The lowest BCUT2D eigenvalue weighted by Crippen LogP contribution is -2.23. The SMILES string of the molecule is COc1ccc(CNC(=O)c2c(C)noc2-c2cccc(F)c2)cc1. The summed E-state index contributed by atoms with van der Waals surface area (Å²) in [5.74, 6) is 0.271. The molecule has 1 amide bonds. The fourth-order valence-corrected chi connectivity index (χ4v) is 2.48. The number of amides is 1. The minimum absolute atomic E-state index is 0.254. The fourth-order valence-electron chi connectivity index (χ4n) is 2.48. The minimum Gasteiger partial charge on any atom is -0.497 e. The van der Waals surface area contributed by atoms with Crippen molar-refractivity contribution < 1.29 is 18.4 Å². The number of methoxy groups -OCH3 is 1. The first kappa shape index (κ1) is 16.7. The van der Waals surface area contributed by atoms with Crippen LogP contribution in [0.15, 0.2) is 53.1 Å². The summed E-state index contributed by atoms with van der Waals surface area (Å²) in [5.41, 5.74) is 2.15. The maximum Gasteiger partial charge on any atom is 0.257 e. The van der Waals surface area contributed by atoms with Gasteiger partial charge < -0.3 is 14.6 Å². The van der Waals surface area contributed by atoms with E-state index >= 15 is 0 Å². The van der Waals surface area contributed by atoms with Crippen LogP contribution in [0.2, 0.25) is 0 Å². The van der Waals surface area contributed by atoms with Gasteiger partial charge in [0.15, 0.2) is 5.76 Å². The number of carbonyl (C=O) groups excluding carboxylic acids is 1. The Morgan fingerprint density at radius 3 is 2.68 bits per heavy atom. The van der Waals surface area contributed by atoms with Gasteiger partial charge in [-0.1, -0.05) is 29.4 Å². The van der Waals surface area contributed by atoms with E-state index in [1.165, 1.54) is 12.1 Å². The molecule has 0 saturated heterocycles. The predicted molar refractivity (Wildman–Crippen MR) is 90.8 cm³/mol. The Balaban J connectivity index is 1.79. The highest BCUT2D eigenvalue weighted by molar-refractivity contribution is 6.00. The summed E-state index contributed by atoms with van der Waals surface area (Å²) in [6.07, 6.45) is 0. The molecular weight excluding hydrogens is 323 g/mol. The van der Waals surface area contributed by atoms with E-state index in [2.05, 4.69) is 10.5 Å². The van der Waals surface area contributed by atoms with Crippen LogP contribution in [0.3, 0.4) is 0 Å². The smallest absolute Gasteiger partial charge is 0.257 e. The third-order valence-corrected chi connectivity index (χ3v) is 3.79. The van der Waals surface area contributed by atoms with Gasteiger partial charge in [-0.05, 0) is 36.8 Å². The summed E-state index contributed by atoms with van der Waals surface area (Å²) >= 11 is 0. The molecule has 0 bridgehead atoms. The Morgan fingerprint density at radius 1 is 1.24 bits per heavy atom. The number of ether oxygens (including phenoxy) is 1. The van der Waals surface area contributed by atoms with Crippen molar-refractivity contribution in [1.82, 2.24) is 10.5 Å². The van der Waals surface area contributed by atoms with E-state index in [1.54, 1.807) is 26.2 Å². The zero-order valence-electron chi connectivity index (χ0n) is 13.9. The molecule has 128 valence electrons. The monoisotopic (exact) mass is 340 g/mol. The Kier molecular flexibility index (Phi) is 4.79. The van der Waals surface area contributed by atoms with E-state index in [9.17, 15) is 9.18 Å². The highest BCUT2D eigenvalue weighted by Crippen LogP contribution is 2.26. The van der Waals surface area contributed by atoms with Crippen LogP contribution in [0.1, 0.15) is 21.6 Å². The summed E-state index contributed by atoms with van der Waals surface area (Å²) in [5, 5.41) is 6.68. The number of hydrogen-bond acceptors (Lipinski definition) is 4. The molecule has 2 aromatic carbocycles. The average molecular weight is 340 g/mol. The molecule has 0 aliphatic rings. The van der Waals surface area contributed by atoms with Gasteiger partial charge in [0.1, 0.15) is 17.1 Å². The number of benzene rings is 2. The average Bonchev–Trinajstić information content (AvgIpc) is 3.02. The molecule has 0 aliphatic heterocycles. The van der Waals surface area contributed by atoms with Gasteiger partial charge in [0.05, 0.1) is 12.8 Å². The van der Waals surface area contributed by atoms with Crippen LogP contribution in [0.4, 0.5) is 4.39 Å². The van der Waals surface area contributed by atoms with Crippen LogP contribution in [0.25, 0.3) is 11.3 Å². The zero-order chi connectivity index (χ0) is 17.8. The van der Waals surface area contributed by atoms with Gasteiger partial charge in [0, 0.05) is 12.1 Å². The van der Waals surface area contributed by atoms with E-state index in [0.29, 0.717) is 23.4 Å². The molecular formula is C19H17FN2O3. The molecule has 0 unspecified atom stereocenters. The number of hydrogen-bond donors (Lipinski definition) is 1. The first-order valence-corrected chi connectivity index (χ1v) is 7.72. The lowest BCUT2D eigenvalue weighted by atomic mass is 10.1. The van der Waals surface area contributed by atoms with E-state index in [1.807, 2.05) is 24.3 Å². The molecule has 1 N–H and O–H groups in total. The van der Waals surface area contributed by atoms with Crippen molar-refractivity contribution in [3.05, 3.63) is 71.2 Å². The Bertz CT molecular complexity index is 888. The quantitative estimate of drug-likeness (QED) is 0.769. The molecule has 0 fully saturated rings. The number of carbonyl (C=O) groups is 1. The predicted octanol–water partition coefficient (Wildman–Crippen LogP) is 3.73. The maximum atomic E-state index is 13.5. The van der Waals surface area contributed by atoms with Gasteiger partial charge in [0.25, 0.3) is 5.91 Å². The minimum atomic E-state index is -0.406. The topological polar surface area (TPSA) is 64.4 Å². The molecule has 1 aromatic heterocycles. The second-order valence-corrected chi connectivity index (χ2v) is 5.51. The van der Waals surface area contributed by atoms with Crippen LogP contribution in [0.5, 0.6) is 5.75 Å². The lowest BCUT2D eigenvalue weighted by molar-refractivity contribution is 0.0950. The number of aromatic nitrogens is 1. The van der Waals surface area contributed by atoms with Gasteiger partial charge in [0.2, 0.25) is 0 Å². The van der Waals surface area contributed by atoms with Crippen LogP contribution >= 0.6 is 0 Å². The number of nitrogens with zero attached hydrogens (tertiary/aromatic N) is 1. The summed E-state index contributed by atoms with van der Waals surface area (Å²) in [6.45, 7) is 2.02. The van der Waals surface area contributed by atoms with Gasteiger partial charge in [-0.15, -0.1) is 0 Å². The van der Waals surface area contributed by atoms with Crippen molar-refractivity contribution in [2.45, 2.75) is 13.5 Å². The fraction of sp³-hybridized carbons (Fsp3) is 0.158. The van der Waals surface area contributed by atoms with Crippen LogP contribution in [-0.2, 0) is 6.54 Å². The van der Waals surface area contributed by atoms with Gasteiger partial charge >= 0.3 is 0 Å². The van der Waals surface area contributed by atoms with Gasteiger partial charge in [-0.2, -0.15) is 0 Å². The zero-order valence-corrected chi connectivity index (χ0v) is 13.9. The van der Waals surface area contributed by atoms with Crippen LogP contribution < -0.4 is 10.1 Å². The molecule has 0 aliphatic carbocycles. The molecule has 3 rings (SSSR count). The third kappa shape index (κ3) is 3.68.